The molecule has 0 aliphatic rings. The summed E-state index contributed by atoms with van der Waals surface area (Å²) in [7, 11) is 0. The first-order chi connectivity index (χ1) is 6.35. The van der Waals surface area contributed by atoms with E-state index in [1.165, 1.54) is 0 Å². The molecule has 3 heteroatoms. The number of unbranched alkanes of at least 4 members (excludes halogenated alkanes) is 1. The lowest BCUT2D eigenvalue weighted by Gasteiger charge is -2.17. The van der Waals surface area contributed by atoms with E-state index in [2.05, 4.69) is 13.8 Å². The van der Waals surface area contributed by atoms with E-state index >= 15 is 0 Å². The molecule has 0 aromatic rings. The van der Waals surface area contributed by atoms with Crippen LogP contribution in [-0.2, 0) is 9.47 Å². The SMILES string of the molecule is CCCCOC(CC[NH])OCCC. The zero-order valence-corrected chi connectivity index (χ0v) is 8.84. The quantitative estimate of drug-likeness (QED) is 0.411. The predicted octanol–water partition coefficient (Wildman–Crippen LogP) is 2.23. The van der Waals surface area contributed by atoms with Gasteiger partial charge in [-0.05, 0) is 12.8 Å². The van der Waals surface area contributed by atoms with Crippen molar-refractivity contribution in [3.05, 3.63) is 0 Å². The van der Waals surface area contributed by atoms with Gasteiger partial charge in [-0.25, -0.2) is 0 Å². The van der Waals surface area contributed by atoms with E-state index in [0.29, 0.717) is 13.0 Å². The first-order valence-corrected chi connectivity index (χ1v) is 5.22. The molecular weight excluding hydrogens is 166 g/mol. The third kappa shape index (κ3) is 8.22. The van der Waals surface area contributed by atoms with Crippen LogP contribution in [0, 0.1) is 0 Å². The van der Waals surface area contributed by atoms with E-state index in [9.17, 15) is 0 Å². The van der Waals surface area contributed by atoms with E-state index in [4.69, 9.17) is 15.2 Å². The fourth-order valence-corrected chi connectivity index (χ4v) is 0.941. The zero-order chi connectivity index (χ0) is 9.94. The van der Waals surface area contributed by atoms with Gasteiger partial charge in [0.25, 0.3) is 0 Å². The molecule has 1 radical (unpaired) electrons. The second-order valence-corrected chi connectivity index (χ2v) is 3.06. The third-order valence-corrected chi connectivity index (χ3v) is 1.69. The number of hydrogen-bond donors (Lipinski definition) is 0. The molecule has 0 saturated heterocycles. The number of ether oxygens (including phenoxy) is 2. The molecule has 0 rings (SSSR count). The van der Waals surface area contributed by atoms with Crippen molar-refractivity contribution in [1.82, 2.24) is 5.73 Å². The molecule has 0 aromatic heterocycles. The summed E-state index contributed by atoms with van der Waals surface area (Å²) in [6.07, 6.45) is 3.75. The Morgan fingerprint density at radius 1 is 1.08 bits per heavy atom. The normalized spacial score (nSPS) is 13.2. The number of nitrogens with one attached hydrogen (secondary N) is 1. The van der Waals surface area contributed by atoms with Gasteiger partial charge in [0.2, 0.25) is 0 Å². The fraction of sp³-hybridized carbons (Fsp3) is 1.00. The minimum Gasteiger partial charge on any atom is -0.353 e. The largest absolute Gasteiger partial charge is 0.353 e. The van der Waals surface area contributed by atoms with Crippen LogP contribution in [0.4, 0.5) is 0 Å². The number of rotatable bonds is 9. The van der Waals surface area contributed by atoms with Crippen LogP contribution in [-0.4, -0.2) is 26.0 Å². The van der Waals surface area contributed by atoms with Gasteiger partial charge >= 0.3 is 0 Å². The molecule has 0 heterocycles. The Bertz CT molecular complexity index is 98.9. The van der Waals surface area contributed by atoms with Crippen LogP contribution < -0.4 is 5.73 Å². The van der Waals surface area contributed by atoms with Crippen molar-refractivity contribution in [3.63, 3.8) is 0 Å². The Morgan fingerprint density at radius 3 is 2.31 bits per heavy atom. The second kappa shape index (κ2) is 9.96. The fourth-order valence-electron chi connectivity index (χ4n) is 0.941. The van der Waals surface area contributed by atoms with Gasteiger partial charge in [-0.15, -0.1) is 0 Å². The molecule has 3 nitrogen and oxygen atoms in total. The molecule has 0 bridgehead atoms. The van der Waals surface area contributed by atoms with Gasteiger partial charge in [-0.3, -0.25) is 5.73 Å². The Hall–Kier alpha value is -0.120. The van der Waals surface area contributed by atoms with Crippen LogP contribution in [0.5, 0.6) is 0 Å². The highest BCUT2D eigenvalue weighted by molar-refractivity contribution is 4.46. The minimum atomic E-state index is -0.149. The maximum absolute atomic E-state index is 7.09. The molecule has 1 unspecified atom stereocenters. The summed E-state index contributed by atoms with van der Waals surface area (Å²) in [4.78, 5) is 0. The Labute approximate surface area is 81.6 Å². The second-order valence-electron chi connectivity index (χ2n) is 3.06. The Balaban J connectivity index is 3.41. The molecule has 13 heavy (non-hydrogen) atoms. The first kappa shape index (κ1) is 12.9. The molecule has 0 fully saturated rings. The van der Waals surface area contributed by atoms with E-state index in [0.717, 1.165) is 32.5 Å². The number of hydrogen-bond acceptors (Lipinski definition) is 2. The van der Waals surface area contributed by atoms with Crippen molar-refractivity contribution in [2.24, 2.45) is 0 Å². The van der Waals surface area contributed by atoms with Crippen LogP contribution in [0.1, 0.15) is 39.5 Å². The highest BCUT2D eigenvalue weighted by Gasteiger charge is 2.06. The highest BCUT2D eigenvalue weighted by atomic mass is 16.7. The van der Waals surface area contributed by atoms with Crippen molar-refractivity contribution < 1.29 is 9.47 Å². The lowest BCUT2D eigenvalue weighted by Crippen LogP contribution is -2.20. The summed E-state index contributed by atoms with van der Waals surface area (Å²) in [6, 6.07) is 0. The van der Waals surface area contributed by atoms with Gasteiger partial charge in [0, 0.05) is 26.2 Å². The summed E-state index contributed by atoms with van der Waals surface area (Å²) in [5.41, 5.74) is 7.09. The predicted molar refractivity (Wildman–Crippen MR) is 53.5 cm³/mol. The van der Waals surface area contributed by atoms with E-state index < -0.39 is 0 Å². The van der Waals surface area contributed by atoms with Crippen molar-refractivity contribution >= 4 is 0 Å². The lowest BCUT2D eigenvalue weighted by molar-refractivity contribution is -0.145. The summed E-state index contributed by atoms with van der Waals surface area (Å²) in [6.45, 7) is 6.07. The molecule has 0 saturated carbocycles. The highest BCUT2D eigenvalue weighted by Crippen LogP contribution is 2.02. The molecule has 0 aromatic carbocycles. The molecule has 0 amide bonds. The van der Waals surface area contributed by atoms with Crippen LogP contribution in [0.25, 0.3) is 0 Å². The lowest BCUT2D eigenvalue weighted by atomic mass is 10.3. The van der Waals surface area contributed by atoms with E-state index in [1.807, 2.05) is 0 Å². The molecule has 1 N–H and O–H groups in total. The van der Waals surface area contributed by atoms with Gasteiger partial charge in [-0.1, -0.05) is 20.3 Å². The standard InChI is InChI=1S/C10H22NO2/c1-3-5-9-13-10(6-7-11)12-8-4-2/h10-11H,3-9H2,1-2H3. The van der Waals surface area contributed by atoms with Crippen molar-refractivity contribution in [1.29, 1.82) is 0 Å². The minimum absolute atomic E-state index is 0.149. The van der Waals surface area contributed by atoms with E-state index in [1.54, 1.807) is 0 Å². The van der Waals surface area contributed by atoms with Gasteiger partial charge < -0.3 is 9.47 Å². The molecule has 0 aliphatic heterocycles. The first-order valence-electron chi connectivity index (χ1n) is 5.22. The summed E-state index contributed by atoms with van der Waals surface area (Å²) < 4.78 is 10.9. The van der Waals surface area contributed by atoms with Crippen LogP contribution >= 0.6 is 0 Å². The molecule has 79 valence electrons. The summed E-state index contributed by atoms with van der Waals surface area (Å²) in [5, 5.41) is 0. The zero-order valence-electron chi connectivity index (χ0n) is 8.84. The van der Waals surface area contributed by atoms with Crippen molar-refractivity contribution in [2.75, 3.05) is 19.8 Å². The monoisotopic (exact) mass is 188 g/mol. The van der Waals surface area contributed by atoms with Gasteiger partial charge in [0.1, 0.15) is 0 Å². The van der Waals surface area contributed by atoms with Gasteiger partial charge in [0.15, 0.2) is 6.29 Å². The summed E-state index contributed by atoms with van der Waals surface area (Å²) in [5.74, 6) is 0. The Kier molecular flexibility index (Phi) is 9.87. The smallest absolute Gasteiger partial charge is 0.158 e. The average Bonchev–Trinajstić information content (AvgIpc) is 2.14. The van der Waals surface area contributed by atoms with E-state index in [-0.39, 0.29) is 6.29 Å². The van der Waals surface area contributed by atoms with Crippen molar-refractivity contribution in [2.45, 2.75) is 45.8 Å². The molecular formula is C10H22NO2. The molecule has 0 spiro atoms. The Morgan fingerprint density at radius 2 is 1.77 bits per heavy atom. The topological polar surface area (TPSA) is 42.3 Å². The van der Waals surface area contributed by atoms with Crippen LogP contribution in [0.2, 0.25) is 0 Å². The molecule has 1 atom stereocenters. The van der Waals surface area contributed by atoms with Crippen LogP contribution in [0.3, 0.4) is 0 Å². The van der Waals surface area contributed by atoms with Crippen molar-refractivity contribution in [3.8, 4) is 0 Å². The van der Waals surface area contributed by atoms with Gasteiger partial charge in [-0.2, -0.15) is 0 Å². The van der Waals surface area contributed by atoms with Gasteiger partial charge in [0.05, 0.1) is 0 Å². The third-order valence-electron chi connectivity index (χ3n) is 1.69. The summed E-state index contributed by atoms with van der Waals surface area (Å²) >= 11 is 0. The average molecular weight is 188 g/mol. The maximum Gasteiger partial charge on any atom is 0.158 e. The maximum atomic E-state index is 7.09. The van der Waals surface area contributed by atoms with Crippen LogP contribution in [0.15, 0.2) is 0 Å². The molecule has 0 aliphatic carbocycles.